The van der Waals surface area contributed by atoms with Gasteiger partial charge in [-0.25, -0.2) is 4.39 Å². The Labute approximate surface area is 165 Å². The van der Waals surface area contributed by atoms with E-state index in [0.29, 0.717) is 40.9 Å². The summed E-state index contributed by atoms with van der Waals surface area (Å²) in [5.74, 6) is 0.702. The third-order valence-corrected chi connectivity index (χ3v) is 4.81. The minimum Gasteiger partial charge on any atom is -0.486 e. The summed E-state index contributed by atoms with van der Waals surface area (Å²) >= 11 is 5.28. The van der Waals surface area contributed by atoms with E-state index in [1.165, 1.54) is 18.3 Å². The van der Waals surface area contributed by atoms with Crippen LogP contribution in [0.1, 0.15) is 29.0 Å². The van der Waals surface area contributed by atoms with Crippen LogP contribution < -0.4 is 14.8 Å². The molecule has 0 saturated carbocycles. The van der Waals surface area contributed by atoms with Crippen LogP contribution in [-0.4, -0.2) is 28.7 Å². The molecular formula is C20H18FN3O3S. The van der Waals surface area contributed by atoms with E-state index in [1.807, 2.05) is 25.1 Å². The highest BCUT2D eigenvalue weighted by Gasteiger charge is 2.19. The number of carbonyl (C=O) groups excluding carboxylic acids is 1. The Balaban J connectivity index is 1.57. The SMILES string of the molecule is CC(NC(=O)c1c[nH]c(=S)n1-c1ccc(F)cc1)c1ccc2c(c1)OCCO2. The van der Waals surface area contributed by atoms with Gasteiger partial charge in [-0.2, -0.15) is 0 Å². The van der Waals surface area contributed by atoms with E-state index in [1.54, 1.807) is 16.7 Å². The van der Waals surface area contributed by atoms with Gasteiger partial charge in [0.25, 0.3) is 5.91 Å². The Morgan fingerprint density at radius 2 is 1.89 bits per heavy atom. The third kappa shape index (κ3) is 3.50. The molecule has 0 bridgehead atoms. The number of amides is 1. The minimum atomic E-state index is -0.357. The van der Waals surface area contributed by atoms with Crippen molar-refractivity contribution in [1.29, 1.82) is 0 Å². The molecule has 3 aromatic rings. The summed E-state index contributed by atoms with van der Waals surface area (Å²) in [6.07, 6.45) is 1.54. The number of hydrogen-bond acceptors (Lipinski definition) is 4. The quantitative estimate of drug-likeness (QED) is 0.652. The zero-order chi connectivity index (χ0) is 19.7. The number of imidazole rings is 1. The summed E-state index contributed by atoms with van der Waals surface area (Å²) in [5.41, 5.74) is 1.82. The molecule has 2 N–H and O–H groups in total. The van der Waals surface area contributed by atoms with E-state index < -0.39 is 0 Å². The van der Waals surface area contributed by atoms with Gasteiger partial charge in [-0.3, -0.25) is 9.36 Å². The molecule has 0 fully saturated rings. The fourth-order valence-corrected chi connectivity index (χ4v) is 3.33. The average Bonchev–Trinajstić information content (AvgIpc) is 3.09. The van der Waals surface area contributed by atoms with Crippen molar-refractivity contribution in [2.75, 3.05) is 13.2 Å². The van der Waals surface area contributed by atoms with Crippen molar-refractivity contribution in [3.05, 3.63) is 70.5 Å². The second kappa shape index (κ2) is 7.47. The number of fused-ring (bicyclic) bond motifs is 1. The smallest absolute Gasteiger partial charge is 0.270 e. The molecule has 1 aliphatic heterocycles. The number of carbonyl (C=O) groups is 1. The molecule has 6 nitrogen and oxygen atoms in total. The lowest BCUT2D eigenvalue weighted by molar-refractivity contribution is 0.0932. The van der Waals surface area contributed by atoms with Crippen LogP contribution in [0.25, 0.3) is 5.69 Å². The number of nitrogens with zero attached hydrogens (tertiary/aromatic N) is 1. The lowest BCUT2D eigenvalue weighted by Gasteiger charge is -2.21. The first-order valence-corrected chi connectivity index (χ1v) is 9.20. The van der Waals surface area contributed by atoms with E-state index in [4.69, 9.17) is 21.7 Å². The number of aromatic nitrogens is 2. The molecule has 0 radical (unpaired) electrons. The van der Waals surface area contributed by atoms with Crippen LogP contribution in [-0.2, 0) is 0 Å². The van der Waals surface area contributed by atoms with Gasteiger partial charge < -0.3 is 19.8 Å². The van der Waals surface area contributed by atoms with Crippen LogP contribution in [0.5, 0.6) is 11.5 Å². The van der Waals surface area contributed by atoms with E-state index in [0.717, 1.165) is 5.56 Å². The van der Waals surface area contributed by atoms with Crippen LogP contribution in [0, 0.1) is 10.6 Å². The molecule has 1 aliphatic rings. The molecule has 1 unspecified atom stereocenters. The van der Waals surface area contributed by atoms with Crippen LogP contribution in [0.3, 0.4) is 0 Å². The van der Waals surface area contributed by atoms with Crippen molar-refractivity contribution in [2.45, 2.75) is 13.0 Å². The predicted octanol–water partition coefficient (Wildman–Crippen LogP) is 3.94. The van der Waals surface area contributed by atoms with Gasteiger partial charge in [-0.15, -0.1) is 0 Å². The van der Waals surface area contributed by atoms with Crippen LogP contribution in [0.4, 0.5) is 4.39 Å². The summed E-state index contributed by atoms with van der Waals surface area (Å²) < 4.78 is 26.3. The van der Waals surface area contributed by atoms with Crippen LogP contribution >= 0.6 is 12.2 Å². The zero-order valence-electron chi connectivity index (χ0n) is 15.1. The standard InChI is InChI=1S/C20H18FN3O3S/c1-12(13-2-7-17-18(10-13)27-9-8-26-17)23-19(25)16-11-22-20(28)24(16)15-5-3-14(21)4-6-15/h2-7,10-12H,8-9H2,1H3,(H,22,28)(H,23,25). The maximum atomic E-state index is 13.2. The Kier molecular flexibility index (Phi) is 4.87. The first kappa shape index (κ1) is 18.2. The summed E-state index contributed by atoms with van der Waals surface area (Å²) in [4.78, 5) is 15.7. The number of rotatable bonds is 4. The number of halogens is 1. The van der Waals surface area contributed by atoms with Crippen LogP contribution in [0.15, 0.2) is 48.7 Å². The lowest BCUT2D eigenvalue weighted by atomic mass is 10.1. The second-order valence-corrected chi connectivity index (χ2v) is 6.78. The summed E-state index contributed by atoms with van der Waals surface area (Å²) in [6.45, 7) is 2.91. The van der Waals surface area contributed by atoms with Gasteiger partial charge in [-0.1, -0.05) is 6.07 Å². The molecule has 0 saturated heterocycles. The van der Waals surface area contributed by atoms with Crippen molar-refractivity contribution in [3.8, 4) is 17.2 Å². The first-order chi connectivity index (χ1) is 13.5. The second-order valence-electron chi connectivity index (χ2n) is 6.39. The van der Waals surface area contributed by atoms with Crippen molar-refractivity contribution in [2.24, 2.45) is 0 Å². The van der Waals surface area contributed by atoms with E-state index in [2.05, 4.69) is 10.3 Å². The number of nitrogens with one attached hydrogen (secondary N) is 2. The summed E-state index contributed by atoms with van der Waals surface area (Å²) in [6, 6.07) is 11.1. The molecule has 1 atom stereocenters. The van der Waals surface area contributed by atoms with Gasteiger partial charge in [0.1, 0.15) is 24.7 Å². The predicted molar refractivity (Wildman–Crippen MR) is 104 cm³/mol. The Hall–Kier alpha value is -3.13. The molecule has 144 valence electrons. The number of benzene rings is 2. The highest BCUT2D eigenvalue weighted by Crippen LogP contribution is 2.32. The number of ether oxygens (including phenoxy) is 2. The molecule has 28 heavy (non-hydrogen) atoms. The molecule has 2 aromatic carbocycles. The number of aromatic amines is 1. The van der Waals surface area contributed by atoms with E-state index in [-0.39, 0.29) is 17.8 Å². The van der Waals surface area contributed by atoms with E-state index >= 15 is 0 Å². The molecule has 8 heteroatoms. The maximum absolute atomic E-state index is 13.2. The highest BCUT2D eigenvalue weighted by molar-refractivity contribution is 7.71. The number of hydrogen-bond donors (Lipinski definition) is 2. The number of H-pyrrole nitrogens is 1. The highest BCUT2D eigenvalue weighted by atomic mass is 32.1. The van der Waals surface area contributed by atoms with Gasteiger partial charge in [0.2, 0.25) is 0 Å². The monoisotopic (exact) mass is 399 g/mol. The average molecular weight is 399 g/mol. The van der Waals surface area contributed by atoms with Crippen LogP contribution in [0.2, 0.25) is 0 Å². The first-order valence-electron chi connectivity index (χ1n) is 8.80. The molecular weight excluding hydrogens is 381 g/mol. The summed E-state index contributed by atoms with van der Waals surface area (Å²) in [7, 11) is 0. The topological polar surface area (TPSA) is 68.3 Å². The van der Waals surface area contributed by atoms with Crippen molar-refractivity contribution < 1.29 is 18.7 Å². The zero-order valence-corrected chi connectivity index (χ0v) is 15.9. The fraction of sp³-hybridized carbons (Fsp3) is 0.200. The molecule has 1 aromatic heterocycles. The normalized spacial score (nSPS) is 13.8. The molecule has 4 rings (SSSR count). The van der Waals surface area contributed by atoms with Crippen molar-refractivity contribution in [3.63, 3.8) is 0 Å². The van der Waals surface area contributed by atoms with Gasteiger partial charge >= 0.3 is 0 Å². The molecule has 2 heterocycles. The lowest BCUT2D eigenvalue weighted by Crippen LogP contribution is -2.28. The van der Waals surface area contributed by atoms with Gasteiger partial charge in [0.05, 0.1) is 6.04 Å². The largest absolute Gasteiger partial charge is 0.486 e. The Bertz CT molecular complexity index is 1080. The minimum absolute atomic E-state index is 0.270. The van der Waals surface area contributed by atoms with Gasteiger partial charge in [0.15, 0.2) is 16.3 Å². The molecule has 0 spiro atoms. The Morgan fingerprint density at radius 3 is 2.64 bits per heavy atom. The van der Waals surface area contributed by atoms with E-state index in [9.17, 15) is 9.18 Å². The summed E-state index contributed by atoms with van der Waals surface area (Å²) in [5, 5.41) is 2.96. The van der Waals surface area contributed by atoms with Crippen molar-refractivity contribution >= 4 is 18.1 Å². The molecule has 0 aliphatic carbocycles. The van der Waals surface area contributed by atoms with Gasteiger partial charge in [0, 0.05) is 11.9 Å². The fourth-order valence-electron chi connectivity index (χ4n) is 3.07. The van der Waals surface area contributed by atoms with Gasteiger partial charge in [-0.05, 0) is 61.1 Å². The third-order valence-electron chi connectivity index (χ3n) is 4.51. The molecule has 1 amide bonds. The maximum Gasteiger partial charge on any atom is 0.270 e. The Morgan fingerprint density at radius 1 is 1.18 bits per heavy atom. The van der Waals surface area contributed by atoms with Crippen molar-refractivity contribution in [1.82, 2.24) is 14.9 Å².